The Morgan fingerprint density at radius 1 is 1.44 bits per heavy atom. The molecular weight excluding hydrogens is 402 g/mol. The number of rotatable bonds is 4. The molecule has 3 N–H and O–H groups in total. The number of hydrogen-bond donors (Lipinski definition) is 2. The van der Waals surface area contributed by atoms with E-state index in [2.05, 4.69) is 39.6 Å². The Labute approximate surface area is 159 Å². The first-order chi connectivity index (χ1) is 12.0. The first-order valence-corrected chi connectivity index (χ1v) is 9.80. The zero-order chi connectivity index (χ0) is 18.0. The number of benzene rings is 1. The third-order valence-electron chi connectivity index (χ3n) is 4.54. The third kappa shape index (κ3) is 4.04. The van der Waals surface area contributed by atoms with Gasteiger partial charge in [0.2, 0.25) is 5.91 Å². The molecule has 0 unspecified atom stereocenters. The number of nitrogens with two attached hydrogens (primary N) is 1. The number of nitrogens with one attached hydrogen (secondary N) is 1. The van der Waals surface area contributed by atoms with Crippen LogP contribution in [0.25, 0.3) is 0 Å². The van der Waals surface area contributed by atoms with Crippen LogP contribution in [0.1, 0.15) is 41.4 Å². The van der Waals surface area contributed by atoms with Crippen molar-refractivity contribution in [2.24, 2.45) is 5.73 Å². The van der Waals surface area contributed by atoms with Gasteiger partial charge in [0.25, 0.3) is 0 Å². The molecule has 1 aliphatic rings. The van der Waals surface area contributed by atoms with E-state index >= 15 is 0 Å². The minimum Gasteiger partial charge on any atom is -0.352 e. The highest BCUT2D eigenvalue weighted by atomic mass is 79.9. The lowest BCUT2D eigenvalue weighted by Gasteiger charge is -2.34. The lowest BCUT2D eigenvalue weighted by Crippen LogP contribution is -2.41. The van der Waals surface area contributed by atoms with E-state index in [9.17, 15) is 9.59 Å². The summed E-state index contributed by atoms with van der Waals surface area (Å²) >= 11 is 5.17. The average Bonchev–Trinajstić information content (AvgIpc) is 3.03. The van der Waals surface area contributed by atoms with Gasteiger partial charge in [-0.1, -0.05) is 28.1 Å². The molecule has 0 radical (unpaired) electrons. The third-order valence-corrected chi connectivity index (χ3v) is 6.03. The van der Waals surface area contributed by atoms with E-state index in [0.29, 0.717) is 6.54 Å². The van der Waals surface area contributed by atoms with Crippen molar-refractivity contribution in [2.75, 3.05) is 6.54 Å². The monoisotopic (exact) mass is 421 g/mol. The lowest BCUT2D eigenvalue weighted by molar-refractivity contribution is -0.134. The van der Waals surface area contributed by atoms with Crippen molar-refractivity contribution in [1.29, 1.82) is 0 Å². The van der Waals surface area contributed by atoms with Crippen LogP contribution in [-0.2, 0) is 11.2 Å². The van der Waals surface area contributed by atoms with Crippen LogP contribution in [0.4, 0.5) is 4.79 Å². The number of halogens is 1. The second kappa shape index (κ2) is 7.58. The molecule has 3 rings (SSSR count). The number of primary amides is 1. The maximum absolute atomic E-state index is 12.9. The van der Waals surface area contributed by atoms with Gasteiger partial charge in [0, 0.05) is 15.9 Å². The van der Waals surface area contributed by atoms with Crippen molar-refractivity contribution >= 4 is 39.2 Å². The van der Waals surface area contributed by atoms with Crippen LogP contribution in [0.5, 0.6) is 0 Å². The topological polar surface area (TPSA) is 75.4 Å². The molecule has 0 fully saturated rings. The zero-order valence-electron chi connectivity index (χ0n) is 13.9. The summed E-state index contributed by atoms with van der Waals surface area (Å²) in [6, 6.07) is 8.62. The minimum atomic E-state index is -0.635. The predicted molar refractivity (Wildman–Crippen MR) is 102 cm³/mol. The molecule has 25 heavy (non-hydrogen) atoms. The number of carbonyl (C=O) groups is 2. The number of hydrogen-bond acceptors (Lipinski definition) is 3. The van der Waals surface area contributed by atoms with Gasteiger partial charge in [-0.3, -0.25) is 4.79 Å². The van der Waals surface area contributed by atoms with Crippen molar-refractivity contribution in [3.63, 3.8) is 0 Å². The summed E-state index contributed by atoms with van der Waals surface area (Å²) in [6.45, 7) is 2.76. The molecule has 0 spiro atoms. The highest BCUT2D eigenvalue weighted by Gasteiger charge is 2.30. The molecule has 0 aliphatic carbocycles. The quantitative estimate of drug-likeness (QED) is 0.788. The van der Waals surface area contributed by atoms with Crippen molar-refractivity contribution in [2.45, 2.75) is 31.8 Å². The minimum absolute atomic E-state index is 0.0167. The molecule has 0 saturated heterocycles. The Hall–Kier alpha value is -1.86. The molecule has 3 amide bonds. The summed E-state index contributed by atoms with van der Waals surface area (Å²) in [5, 5.41) is 4.77. The predicted octanol–water partition coefficient (Wildman–Crippen LogP) is 3.76. The molecule has 1 aliphatic heterocycles. The number of amides is 3. The summed E-state index contributed by atoms with van der Waals surface area (Å²) in [6.07, 6.45) is 1.07. The number of thiophene rings is 1. The Kier molecular flexibility index (Phi) is 5.44. The fourth-order valence-corrected chi connectivity index (χ4v) is 4.67. The fraction of sp³-hybridized carbons (Fsp3) is 0.333. The van der Waals surface area contributed by atoms with E-state index in [4.69, 9.17) is 5.73 Å². The van der Waals surface area contributed by atoms with Crippen LogP contribution in [0.15, 0.2) is 40.2 Å². The van der Waals surface area contributed by atoms with Crippen LogP contribution in [-0.4, -0.2) is 23.4 Å². The van der Waals surface area contributed by atoms with Gasteiger partial charge in [0.05, 0.1) is 18.5 Å². The molecule has 5 nitrogen and oxygen atoms in total. The van der Waals surface area contributed by atoms with Gasteiger partial charge in [-0.15, -0.1) is 11.3 Å². The summed E-state index contributed by atoms with van der Waals surface area (Å²) in [5.74, 6) is 0.0167. The number of fused-ring (bicyclic) bond motifs is 1. The van der Waals surface area contributed by atoms with Gasteiger partial charge >= 0.3 is 6.03 Å². The maximum Gasteiger partial charge on any atom is 0.312 e. The van der Waals surface area contributed by atoms with Crippen LogP contribution >= 0.6 is 27.3 Å². The zero-order valence-corrected chi connectivity index (χ0v) is 16.3. The molecule has 7 heteroatoms. The maximum atomic E-state index is 12.9. The van der Waals surface area contributed by atoms with E-state index in [0.717, 1.165) is 16.5 Å². The van der Waals surface area contributed by atoms with Crippen molar-refractivity contribution in [3.8, 4) is 0 Å². The highest BCUT2D eigenvalue weighted by molar-refractivity contribution is 9.10. The highest BCUT2D eigenvalue weighted by Crippen LogP contribution is 2.34. The van der Waals surface area contributed by atoms with E-state index in [-0.39, 0.29) is 18.4 Å². The Morgan fingerprint density at radius 3 is 2.96 bits per heavy atom. The molecule has 2 heterocycles. The van der Waals surface area contributed by atoms with Crippen LogP contribution < -0.4 is 11.1 Å². The standard InChI is InChI=1S/C18H20BrN3O2S/c1-11-14-6-8-25-16(14)5-7-22(11)17(23)10-15(21-18(20)24)12-3-2-4-13(19)9-12/h2-4,6,8-9,11,15H,5,7,10H2,1H3,(H3,20,21,24)/t11-,15+/m1/s1. The molecule has 0 saturated carbocycles. The molecule has 132 valence electrons. The van der Waals surface area contributed by atoms with Crippen LogP contribution in [0, 0.1) is 0 Å². The normalized spacial score (nSPS) is 17.7. The summed E-state index contributed by atoms with van der Waals surface area (Å²) < 4.78 is 0.892. The molecule has 2 atom stereocenters. The van der Waals surface area contributed by atoms with Gasteiger partial charge < -0.3 is 16.0 Å². The largest absolute Gasteiger partial charge is 0.352 e. The average molecular weight is 422 g/mol. The lowest BCUT2D eigenvalue weighted by atomic mass is 9.98. The van der Waals surface area contributed by atoms with Crippen molar-refractivity contribution < 1.29 is 9.59 Å². The Morgan fingerprint density at radius 2 is 2.24 bits per heavy atom. The second-order valence-electron chi connectivity index (χ2n) is 6.13. The van der Waals surface area contributed by atoms with Gasteiger partial charge in [0.15, 0.2) is 0 Å². The van der Waals surface area contributed by atoms with Crippen molar-refractivity contribution in [3.05, 3.63) is 56.2 Å². The molecule has 2 aromatic rings. The Bertz CT molecular complexity index is 792. The summed E-state index contributed by atoms with van der Waals surface area (Å²) in [5.41, 5.74) is 7.39. The molecule has 0 bridgehead atoms. The van der Waals surface area contributed by atoms with Gasteiger partial charge in [-0.2, -0.15) is 0 Å². The number of nitrogens with zero attached hydrogens (tertiary/aromatic N) is 1. The Balaban J connectivity index is 1.77. The summed E-state index contributed by atoms with van der Waals surface area (Å²) in [4.78, 5) is 27.6. The summed E-state index contributed by atoms with van der Waals surface area (Å²) in [7, 11) is 0. The molecular formula is C18H20BrN3O2S. The van der Waals surface area contributed by atoms with Gasteiger partial charge in [-0.25, -0.2) is 4.79 Å². The molecule has 1 aromatic carbocycles. The SMILES string of the molecule is C[C@@H]1c2ccsc2CCN1C(=O)C[C@H](NC(N)=O)c1cccc(Br)c1. The van der Waals surface area contributed by atoms with E-state index in [1.54, 1.807) is 11.3 Å². The van der Waals surface area contributed by atoms with Gasteiger partial charge in [0.1, 0.15) is 0 Å². The first-order valence-electron chi connectivity index (χ1n) is 8.13. The first kappa shape index (κ1) is 17.9. The van der Waals surface area contributed by atoms with E-state index in [1.165, 1.54) is 10.4 Å². The number of carbonyl (C=O) groups excluding carboxylic acids is 2. The van der Waals surface area contributed by atoms with Gasteiger partial charge in [-0.05, 0) is 48.1 Å². The molecule has 1 aromatic heterocycles. The fourth-order valence-electron chi connectivity index (χ4n) is 3.29. The van der Waals surface area contributed by atoms with Crippen LogP contribution in [0.3, 0.4) is 0 Å². The van der Waals surface area contributed by atoms with E-state index < -0.39 is 12.1 Å². The van der Waals surface area contributed by atoms with Crippen LogP contribution in [0.2, 0.25) is 0 Å². The smallest absolute Gasteiger partial charge is 0.312 e. The second-order valence-corrected chi connectivity index (χ2v) is 8.05. The van der Waals surface area contributed by atoms with Crippen molar-refractivity contribution in [1.82, 2.24) is 10.2 Å². The van der Waals surface area contributed by atoms with E-state index in [1.807, 2.05) is 29.2 Å². The number of urea groups is 1.